The average molecular weight is 268 g/mol. The second kappa shape index (κ2) is 5.71. The molecule has 0 unspecified atom stereocenters. The number of aryl methyl sites for hydroxylation is 1. The molecule has 4 nitrogen and oxygen atoms in total. The van der Waals surface area contributed by atoms with E-state index in [1.54, 1.807) is 12.1 Å². The largest absolute Gasteiger partial charge is 0.299 e. The van der Waals surface area contributed by atoms with E-state index in [0.29, 0.717) is 5.69 Å². The number of benzene rings is 1. The van der Waals surface area contributed by atoms with Gasteiger partial charge in [0.2, 0.25) is 0 Å². The van der Waals surface area contributed by atoms with Crippen molar-refractivity contribution in [2.24, 2.45) is 0 Å². The van der Waals surface area contributed by atoms with Crippen LogP contribution in [0.2, 0.25) is 0 Å². The monoisotopic (exact) mass is 268 g/mol. The predicted octanol–water partition coefficient (Wildman–Crippen LogP) is 2.57. The molecule has 18 heavy (non-hydrogen) atoms. The van der Waals surface area contributed by atoms with E-state index >= 15 is 0 Å². The quantitative estimate of drug-likeness (QED) is 0.881. The highest BCUT2D eigenvalue weighted by Gasteiger charge is 2.19. The lowest BCUT2D eigenvalue weighted by Gasteiger charge is -2.22. The molecule has 0 bridgehead atoms. The highest BCUT2D eigenvalue weighted by atomic mass is 32.2. The third kappa shape index (κ3) is 3.99. The summed E-state index contributed by atoms with van der Waals surface area (Å²) >= 11 is 0. The maximum Gasteiger partial charge on any atom is 0.299 e. The van der Waals surface area contributed by atoms with E-state index in [1.165, 1.54) is 6.42 Å². The molecule has 0 aromatic heterocycles. The summed E-state index contributed by atoms with van der Waals surface area (Å²) in [6.45, 7) is 1.97. The number of nitrogens with one attached hydrogen (secondary N) is 2. The summed E-state index contributed by atoms with van der Waals surface area (Å²) in [4.78, 5) is 0. The summed E-state index contributed by atoms with van der Waals surface area (Å²) < 4.78 is 29.1. The summed E-state index contributed by atoms with van der Waals surface area (Å²) in [6.07, 6.45) is 5.31. The van der Waals surface area contributed by atoms with Crippen LogP contribution in [0.15, 0.2) is 24.3 Å². The smallest absolute Gasteiger partial charge is 0.271 e. The summed E-state index contributed by atoms with van der Waals surface area (Å²) in [5.41, 5.74) is 1.71. The van der Waals surface area contributed by atoms with Crippen LogP contribution in [0, 0.1) is 6.92 Å². The van der Waals surface area contributed by atoms with Gasteiger partial charge < -0.3 is 0 Å². The number of anilines is 1. The Labute approximate surface area is 109 Å². The van der Waals surface area contributed by atoms with Crippen molar-refractivity contribution < 1.29 is 8.42 Å². The molecule has 1 saturated carbocycles. The molecule has 1 fully saturated rings. The van der Waals surface area contributed by atoms with Crippen LogP contribution in [0.1, 0.15) is 37.7 Å². The van der Waals surface area contributed by atoms with Gasteiger partial charge in [-0.2, -0.15) is 13.1 Å². The number of hydrogen-bond acceptors (Lipinski definition) is 2. The first-order valence-electron chi connectivity index (χ1n) is 6.42. The fourth-order valence-corrected chi connectivity index (χ4v) is 3.43. The Hall–Kier alpha value is -1.07. The zero-order valence-electron chi connectivity index (χ0n) is 10.6. The van der Waals surface area contributed by atoms with E-state index in [0.717, 1.165) is 31.2 Å². The normalized spacial score (nSPS) is 17.6. The predicted molar refractivity (Wildman–Crippen MR) is 73.7 cm³/mol. The molecule has 0 amide bonds. The van der Waals surface area contributed by atoms with E-state index < -0.39 is 10.2 Å². The van der Waals surface area contributed by atoms with Gasteiger partial charge in [0.25, 0.3) is 10.2 Å². The summed E-state index contributed by atoms with van der Waals surface area (Å²) in [5.74, 6) is 0. The molecule has 0 saturated heterocycles. The second-order valence-electron chi connectivity index (χ2n) is 4.92. The van der Waals surface area contributed by atoms with E-state index in [9.17, 15) is 8.42 Å². The number of hydrogen-bond donors (Lipinski definition) is 2. The molecule has 1 aromatic carbocycles. The Kier molecular flexibility index (Phi) is 4.24. The van der Waals surface area contributed by atoms with Crippen LogP contribution in [0.5, 0.6) is 0 Å². The van der Waals surface area contributed by atoms with Crippen molar-refractivity contribution in [2.75, 3.05) is 4.72 Å². The molecular weight excluding hydrogens is 248 g/mol. The van der Waals surface area contributed by atoms with Crippen molar-refractivity contribution in [3.63, 3.8) is 0 Å². The standard InChI is InChI=1S/C13H20N2O2S/c1-11-7-9-13(10-8-11)15-18(16,17)14-12-5-3-2-4-6-12/h7-10,12,14-15H,2-6H2,1H3. The maximum absolute atomic E-state index is 11.9. The topological polar surface area (TPSA) is 58.2 Å². The lowest BCUT2D eigenvalue weighted by Crippen LogP contribution is -2.39. The van der Waals surface area contributed by atoms with Gasteiger partial charge >= 0.3 is 0 Å². The molecule has 2 N–H and O–H groups in total. The first kappa shape index (κ1) is 13.4. The SMILES string of the molecule is Cc1ccc(NS(=O)(=O)NC2CCCCC2)cc1. The van der Waals surface area contributed by atoms with Crippen LogP contribution in [0.3, 0.4) is 0 Å². The van der Waals surface area contributed by atoms with Crippen molar-refractivity contribution >= 4 is 15.9 Å². The van der Waals surface area contributed by atoms with Gasteiger partial charge in [0, 0.05) is 11.7 Å². The highest BCUT2D eigenvalue weighted by molar-refractivity contribution is 7.90. The van der Waals surface area contributed by atoms with Crippen molar-refractivity contribution in [2.45, 2.75) is 45.1 Å². The Morgan fingerprint density at radius 3 is 2.28 bits per heavy atom. The molecule has 5 heteroatoms. The van der Waals surface area contributed by atoms with Gasteiger partial charge in [0.15, 0.2) is 0 Å². The van der Waals surface area contributed by atoms with Gasteiger partial charge in [-0.05, 0) is 31.9 Å². The third-order valence-electron chi connectivity index (χ3n) is 3.23. The minimum absolute atomic E-state index is 0.0849. The molecule has 0 heterocycles. The molecule has 0 aliphatic heterocycles. The molecule has 100 valence electrons. The van der Waals surface area contributed by atoms with E-state index in [2.05, 4.69) is 9.44 Å². The van der Waals surface area contributed by atoms with Gasteiger partial charge in [0.1, 0.15) is 0 Å². The van der Waals surface area contributed by atoms with Gasteiger partial charge in [0.05, 0.1) is 0 Å². The van der Waals surface area contributed by atoms with Crippen LogP contribution in [0.4, 0.5) is 5.69 Å². The lowest BCUT2D eigenvalue weighted by atomic mass is 9.96. The van der Waals surface area contributed by atoms with Gasteiger partial charge in [-0.1, -0.05) is 37.0 Å². The van der Waals surface area contributed by atoms with Crippen LogP contribution in [0.25, 0.3) is 0 Å². The van der Waals surface area contributed by atoms with Crippen molar-refractivity contribution in [3.05, 3.63) is 29.8 Å². The fraction of sp³-hybridized carbons (Fsp3) is 0.538. The van der Waals surface area contributed by atoms with Crippen LogP contribution in [-0.4, -0.2) is 14.5 Å². The first-order chi connectivity index (χ1) is 8.55. The third-order valence-corrected chi connectivity index (χ3v) is 4.38. The van der Waals surface area contributed by atoms with Crippen LogP contribution >= 0.6 is 0 Å². The van der Waals surface area contributed by atoms with Crippen LogP contribution < -0.4 is 9.44 Å². The van der Waals surface area contributed by atoms with E-state index in [4.69, 9.17) is 0 Å². The van der Waals surface area contributed by atoms with Crippen molar-refractivity contribution in [1.82, 2.24) is 4.72 Å². The highest BCUT2D eigenvalue weighted by Crippen LogP contribution is 2.18. The summed E-state index contributed by atoms with van der Waals surface area (Å²) in [6, 6.07) is 7.41. The zero-order valence-corrected chi connectivity index (χ0v) is 11.5. The fourth-order valence-electron chi connectivity index (χ4n) is 2.25. The van der Waals surface area contributed by atoms with Gasteiger partial charge in [-0.15, -0.1) is 0 Å². The number of rotatable bonds is 4. The molecule has 2 rings (SSSR count). The Morgan fingerprint density at radius 1 is 1.06 bits per heavy atom. The molecule has 0 spiro atoms. The zero-order chi connectivity index (χ0) is 13.0. The lowest BCUT2D eigenvalue weighted by molar-refractivity contribution is 0.413. The molecule has 1 aromatic rings. The minimum Gasteiger partial charge on any atom is -0.271 e. The maximum atomic E-state index is 11.9. The first-order valence-corrected chi connectivity index (χ1v) is 7.90. The van der Waals surface area contributed by atoms with Crippen LogP contribution in [-0.2, 0) is 10.2 Å². The molecule has 0 atom stereocenters. The Balaban J connectivity index is 1.96. The summed E-state index contributed by atoms with van der Waals surface area (Å²) in [7, 11) is -3.45. The van der Waals surface area contributed by atoms with Crippen molar-refractivity contribution in [1.29, 1.82) is 0 Å². The Bertz CT molecular complexity index is 476. The van der Waals surface area contributed by atoms with Gasteiger partial charge in [-0.3, -0.25) is 4.72 Å². The molecule has 0 radical (unpaired) electrons. The Morgan fingerprint density at radius 2 is 1.67 bits per heavy atom. The van der Waals surface area contributed by atoms with Crippen molar-refractivity contribution in [3.8, 4) is 0 Å². The van der Waals surface area contributed by atoms with E-state index in [-0.39, 0.29) is 6.04 Å². The molecule has 1 aliphatic carbocycles. The molecule has 1 aliphatic rings. The second-order valence-corrected chi connectivity index (χ2v) is 6.37. The van der Waals surface area contributed by atoms with Gasteiger partial charge in [-0.25, -0.2) is 0 Å². The molecular formula is C13H20N2O2S. The summed E-state index contributed by atoms with van der Waals surface area (Å²) in [5, 5.41) is 0. The average Bonchev–Trinajstić information content (AvgIpc) is 2.32. The van der Waals surface area contributed by atoms with E-state index in [1.807, 2.05) is 19.1 Å². The minimum atomic E-state index is -3.45.